The Morgan fingerprint density at radius 3 is 2.28 bits per heavy atom. The number of unbranched alkanes of at least 4 members (excludes halogenated alkanes) is 4. The summed E-state index contributed by atoms with van der Waals surface area (Å²) < 4.78 is 0. The van der Waals surface area contributed by atoms with Crippen LogP contribution in [0.1, 0.15) is 63.9 Å². The second-order valence-corrected chi connectivity index (χ2v) is 5.04. The molecule has 0 spiro atoms. The van der Waals surface area contributed by atoms with Gasteiger partial charge in [0, 0.05) is 12.8 Å². The molecule has 0 aliphatic heterocycles. The van der Waals surface area contributed by atoms with Gasteiger partial charge in [0.05, 0.1) is 0 Å². The third-order valence-electron chi connectivity index (χ3n) is 3.32. The van der Waals surface area contributed by atoms with Gasteiger partial charge in [-0.3, -0.25) is 4.79 Å². The van der Waals surface area contributed by atoms with Crippen LogP contribution in [0.5, 0.6) is 0 Å². The molecular formula is C17H26O. The summed E-state index contributed by atoms with van der Waals surface area (Å²) in [4.78, 5) is 11.7. The Bertz CT molecular complexity index is 316. The van der Waals surface area contributed by atoms with Gasteiger partial charge in [-0.05, 0) is 24.8 Å². The molecular weight excluding hydrogens is 220 g/mol. The minimum Gasteiger partial charge on any atom is -0.300 e. The molecule has 0 bridgehead atoms. The Hall–Kier alpha value is -1.11. The summed E-state index contributed by atoms with van der Waals surface area (Å²) in [5, 5.41) is 0. The molecule has 0 radical (unpaired) electrons. The summed E-state index contributed by atoms with van der Waals surface area (Å²) >= 11 is 0. The van der Waals surface area contributed by atoms with Crippen molar-refractivity contribution in [1.29, 1.82) is 0 Å². The van der Waals surface area contributed by atoms with Crippen LogP contribution in [0.25, 0.3) is 0 Å². The fourth-order valence-corrected chi connectivity index (χ4v) is 2.19. The Morgan fingerprint density at radius 2 is 1.56 bits per heavy atom. The normalized spacial score (nSPS) is 10.5. The first kappa shape index (κ1) is 14.9. The molecule has 1 rings (SSSR count). The third-order valence-corrected chi connectivity index (χ3v) is 3.32. The average Bonchev–Trinajstić information content (AvgIpc) is 2.40. The Morgan fingerprint density at radius 1 is 0.889 bits per heavy atom. The smallest absolute Gasteiger partial charge is 0.132 e. The summed E-state index contributed by atoms with van der Waals surface area (Å²) in [6.45, 7) is 2.22. The molecule has 1 aromatic carbocycles. The van der Waals surface area contributed by atoms with Crippen LogP contribution in [-0.2, 0) is 11.2 Å². The molecule has 1 nitrogen and oxygen atoms in total. The molecule has 1 aromatic rings. The number of ketones is 1. The molecule has 0 atom stereocenters. The van der Waals surface area contributed by atoms with Crippen molar-refractivity contribution in [2.45, 2.75) is 64.7 Å². The standard InChI is InChI=1S/C17H26O/c1-2-3-4-5-9-14-17(18)15-10-13-16-11-7-6-8-12-16/h6-8,11-12H,2-5,9-10,13-15H2,1H3. The number of carbonyl (C=O) groups excluding carboxylic acids is 1. The van der Waals surface area contributed by atoms with Crippen LogP contribution in [0.2, 0.25) is 0 Å². The van der Waals surface area contributed by atoms with Crippen molar-refractivity contribution in [2.24, 2.45) is 0 Å². The molecule has 0 aromatic heterocycles. The lowest BCUT2D eigenvalue weighted by molar-refractivity contribution is -0.119. The van der Waals surface area contributed by atoms with Crippen LogP contribution >= 0.6 is 0 Å². The number of rotatable bonds is 10. The van der Waals surface area contributed by atoms with Crippen LogP contribution in [0.3, 0.4) is 0 Å². The van der Waals surface area contributed by atoms with E-state index in [1.54, 1.807) is 0 Å². The maximum atomic E-state index is 11.7. The monoisotopic (exact) mass is 246 g/mol. The number of Topliss-reactive ketones (excluding diaryl/α,β-unsaturated/α-hetero) is 1. The van der Waals surface area contributed by atoms with Crippen molar-refractivity contribution in [2.75, 3.05) is 0 Å². The number of carbonyl (C=O) groups is 1. The number of hydrogen-bond acceptors (Lipinski definition) is 1. The lowest BCUT2D eigenvalue weighted by Crippen LogP contribution is -1.98. The third kappa shape index (κ3) is 7.26. The predicted molar refractivity (Wildman–Crippen MR) is 77.8 cm³/mol. The van der Waals surface area contributed by atoms with Gasteiger partial charge in [-0.25, -0.2) is 0 Å². The van der Waals surface area contributed by atoms with Gasteiger partial charge in [0.15, 0.2) is 0 Å². The number of benzene rings is 1. The lowest BCUT2D eigenvalue weighted by Gasteiger charge is -2.02. The summed E-state index contributed by atoms with van der Waals surface area (Å²) in [7, 11) is 0. The quantitative estimate of drug-likeness (QED) is 0.534. The molecule has 0 saturated carbocycles. The summed E-state index contributed by atoms with van der Waals surface area (Å²) in [5.41, 5.74) is 1.34. The van der Waals surface area contributed by atoms with Crippen molar-refractivity contribution in [3.63, 3.8) is 0 Å². The summed E-state index contributed by atoms with van der Waals surface area (Å²) in [6, 6.07) is 10.4. The zero-order valence-electron chi connectivity index (χ0n) is 11.7. The minimum atomic E-state index is 0.447. The van der Waals surface area contributed by atoms with E-state index in [1.165, 1.54) is 31.2 Å². The van der Waals surface area contributed by atoms with Gasteiger partial charge < -0.3 is 0 Å². The van der Waals surface area contributed by atoms with Crippen molar-refractivity contribution >= 4 is 5.78 Å². The number of aryl methyl sites for hydroxylation is 1. The highest BCUT2D eigenvalue weighted by Gasteiger charge is 2.02. The zero-order chi connectivity index (χ0) is 13.1. The SMILES string of the molecule is CCCCCCCC(=O)CCCc1ccccc1. The van der Waals surface area contributed by atoms with Crippen LogP contribution in [0.4, 0.5) is 0 Å². The van der Waals surface area contributed by atoms with E-state index in [2.05, 4.69) is 31.2 Å². The van der Waals surface area contributed by atoms with Gasteiger partial charge in [-0.2, -0.15) is 0 Å². The maximum absolute atomic E-state index is 11.7. The molecule has 18 heavy (non-hydrogen) atoms. The van der Waals surface area contributed by atoms with E-state index in [9.17, 15) is 4.79 Å². The lowest BCUT2D eigenvalue weighted by atomic mass is 10.0. The van der Waals surface area contributed by atoms with E-state index in [-0.39, 0.29) is 0 Å². The van der Waals surface area contributed by atoms with E-state index >= 15 is 0 Å². The largest absolute Gasteiger partial charge is 0.300 e. The van der Waals surface area contributed by atoms with Gasteiger partial charge in [-0.15, -0.1) is 0 Å². The first-order valence-corrected chi connectivity index (χ1v) is 7.38. The Kier molecular flexibility index (Phi) is 8.20. The first-order chi connectivity index (χ1) is 8.83. The zero-order valence-corrected chi connectivity index (χ0v) is 11.7. The van der Waals surface area contributed by atoms with Crippen molar-refractivity contribution < 1.29 is 4.79 Å². The second kappa shape index (κ2) is 9.87. The van der Waals surface area contributed by atoms with Gasteiger partial charge in [-0.1, -0.05) is 62.9 Å². The number of hydrogen-bond donors (Lipinski definition) is 0. The molecule has 0 aliphatic rings. The molecule has 100 valence electrons. The molecule has 0 saturated heterocycles. The summed E-state index contributed by atoms with van der Waals surface area (Å²) in [5.74, 6) is 0.447. The Labute approximate surface area is 112 Å². The van der Waals surface area contributed by atoms with Gasteiger partial charge in [0.1, 0.15) is 5.78 Å². The van der Waals surface area contributed by atoms with Crippen LogP contribution in [-0.4, -0.2) is 5.78 Å². The average molecular weight is 246 g/mol. The van der Waals surface area contributed by atoms with E-state index in [0.29, 0.717) is 5.78 Å². The Balaban J connectivity index is 2.00. The van der Waals surface area contributed by atoms with Crippen molar-refractivity contribution in [1.82, 2.24) is 0 Å². The molecule has 0 amide bonds. The van der Waals surface area contributed by atoms with E-state index in [0.717, 1.165) is 32.1 Å². The van der Waals surface area contributed by atoms with E-state index in [4.69, 9.17) is 0 Å². The fourth-order valence-electron chi connectivity index (χ4n) is 2.19. The molecule has 0 N–H and O–H groups in total. The predicted octanol–water partition coefficient (Wildman–Crippen LogP) is 4.94. The molecule has 1 heteroatoms. The summed E-state index contributed by atoms with van der Waals surface area (Å²) in [6.07, 6.45) is 9.74. The van der Waals surface area contributed by atoms with Crippen LogP contribution in [0, 0.1) is 0 Å². The van der Waals surface area contributed by atoms with Crippen LogP contribution in [0.15, 0.2) is 30.3 Å². The topological polar surface area (TPSA) is 17.1 Å². The van der Waals surface area contributed by atoms with Crippen molar-refractivity contribution in [3.8, 4) is 0 Å². The van der Waals surface area contributed by atoms with Gasteiger partial charge in [0.25, 0.3) is 0 Å². The minimum absolute atomic E-state index is 0.447. The maximum Gasteiger partial charge on any atom is 0.132 e. The molecule has 0 heterocycles. The molecule has 0 aliphatic carbocycles. The van der Waals surface area contributed by atoms with Gasteiger partial charge in [0.2, 0.25) is 0 Å². The highest BCUT2D eigenvalue weighted by atomic mass is 16.1. The highest BCUT2D eigenvalue weighted by Crippen LogP contribution is 2.09. The molecule has 0 fully saturated rings. The molecule has 0 unspecified atom stereocenters. The second-order valence-electron chi connectivity index (χ2n) is 5.04. The van der Waals surface area contributed by atoms with E-state index in [1.807, 2.05) is 6.07 Å². The van der Waals surface area contributed by atoms with E-state index < -0.39 is 0 Å². The fraction of sp³-hybridized carbons (Fsp3) is 0.588. The van der Waals surface area contributed by atoms with Crippen LogP contribution < -0.4 is 0 Å². The first-order valence-electron chi connectivity index (χ1n) is 7.38. The highest BCUT2D eigenvalue weighted by molar-refractivity contribution is 5.78. The van der Waals surface area contributed by atoms with Crippen molar-refractivity contribution in [3.05, 3.63) is 35.9 Å². The van der Waals surface area contributed by atoms with Gasteiger partial charge >= 0.3 is 0 Å².